The smallest absolute Gasteiger partial charge is 0.407 e. The summed E-state index contributed by atoms with van der Waals surface area (Å²) in [6.07, 6.45) is 4.03. The molecule has 2 N–H and O–H groups in total. The van der Waals surface area contributed by atoms with Crippen LogP contribution in [0.25, 0.3) is 0 Å². The van der Waals surface area contributed by atoms with Gasteiger partial charge in [-0.15, -0.1) is 0 Å². The Kier molecular flexibility index (Phi) is 6.02. The second kappa shape index (κ2) is 8.46. The van der Waals surface area contributed by atoms with Gasteiger partial charge in [0.15, 0.2) is 0 Å². The monoisotopic (exact) mass is 384 g/mol. The third-order valence-electron chi connectivity index (χ3n) is 5.29. The molecule has 0 saturated heterocycles. The fourth-order valence-electron chi connectivity index (χ4n) is 3.99. The summed E-state index contributed by atoms with van der Waals surface area (Å²) in [4.78, 5) is 29.2. The maximum atomic E-state index is 12.0. The fraction of sp³-hybridized carbons (Fsp3) is 0.476. The normalized spacial score (nSPS) is 16.6. The topological polar surface area (TPSA) is 87.5 Å². The van der Waals surface area contributed by atoms with Gasteiger partial charge in [0.2, 0.25) is 0 Å². The molecule has 0 radical (unpaired) electrons. The van der Waals surface area contributed by atoms with Crippen LogP contribution in [0.1, 0.15) is 53.4 Å². The Morgan fingerprint density at radius 1 is 1.36 bits per heavy atom. The number of amides is 2. The van der Waals surface area contributed by atoms with E-state index in [2.05, 4.69) is 42.3 Å². The van der Waals surface area contributed by atoms with Gasteiger partial charge in [-0.05, 0) is 35.4 Å². The highest BCUT2D eigenvalue weighted by Gasteiger charge is 2.26. The van der Waals surface area contributed by atoms with Crippen molar-refractivity contribution in [2.75, 3.05) is 20.1 Å². The number of hydrogen-bond donors (Lipinski definition) is 2. The first kappa shape index (κ1) is 19.9. The average Bonchev–Trinajstić information content (AvgIpc) is 3.03. The summed E-state index contributed by atoms with van der Waals surface area (Å²) in [7, 11) is 1.60. The maximum absolute atomic E-state index is 12.0. The molecule has 1 aromatic carbocycles. The van der Waals surface area contributed by atoms with Crippen molar-refractivity contribution in [2.24, 2.45) is 5.92 Å². The number of nitrogens with one attached hydrogen (secondary N) is 1. The number of fused-ring (bicyclic) bond motifs is 1. The minimum atomic E-state index is -0.851. The number of carbonyl (C=O) groups excluding carboxylic acids is 1. The van der Waals surface area contributed by atoms with Crippen molar-refractivity contribution in [3.05, 3.63) is 53.1 Å². The molecule has 3 rings (SSSR count). The minimum absolute atomic E-state index is 0.165. The van der Waals surface area contributed by atoms with Crippen LogP contribution in [0.15, 0.2) is 30.7 Å². The van der Waals surface area contributed by atoms with Gasteiger partial charge in [-0.3, -0.25) is 4.79 Å². The highest BCUT2D eigenvalue weighted by Crippen LogP contribution is 2.31. The average molecular weight is 384 g/mol. The first-order valence-corrected chi connectivity index (χ1v) is 9.70. The molecule has 1 atom stereocenters. The summed E-state index contributed by atoms with van der Waals surface area (Å²) in [5.74, 6) is 0.533. The number of benzene rings is 1. The van der Waals surface area contributed by atoms with Gasteiger partial charge in [0, 0.05) is 32.6 Å². The molecule has 1 aromatic heterocycles. The number of carbonyl (C=O) groups is 2. The highest BCUT2D eigenvalue weighted by atomic mass is 16.4. The lowest BCUT2D eigenvalue weighted by Gasteiger charge is -2.24. The van der Waals surface area contributed by atoms with E-state index in [0.717, 1.165) is 12.0 Å². The minimum Gasteiger partial charge on any atom is -0.465 e. The summed E-state index contributed by atoms with van der Waals surface area (Å²) in [6.45, 7) is 5.94. The Bertz CT molecular complexity index is 859. The third-order valence-corrected chi connectivity index (χ3v) is 5.29. The lowest BCUT2D eigenvalue weighted by atomic mass is 9.86. The summed E-state index contributed by atoms with van der Waals surface area (Å²) < 4.78 is 1.83. The van der Waals surface area contributed by atoms with Gasteiger partial charge < -0.3 is 19.9 Å². The second-order valence-electron chi connectivity index (χ2n) is 7.82. The lowest BCUT2D eigenvalue weighted by molar-refractivity contribution is 0.0954. The summed E-state index contributed by atoms with van der Waals surface area (Å²) >= 11 is 0. The molecule has 150 valence electrons. The van der Waals surface area contributed by atoms with Crippen molar-refractivity contribution in [2.45, 2.75) is 39.2 Å². The molecule has 0 saturated carbocycles. The van der Waals surface area contributed by atoms with Crippen LogP contribution in [0.4, 0.5) is 4.79 Å². The second-order valence-corrected chi connectivity index (χ2v) is 7.82. The SMILES string of the molecule is CNC(=O)c1cncn1Cc1ccc2c(c1)CCN(C(=O)O)CC2CC(C)C. The number of nitrogens with zero attached hydrogens (tertiary/aromatic N) is 3. The van der Waals surface area contributed by atoms with E-state index >= 15 is 0 Å². The molecule has 0 fully saturated rings. The van der Waals surface area contributed by atoms with Gasteiger partial charge in [-0.1, -0.05) is 32.0 Å². The largest absolute Gasteiger partial charge is 0.465 e. The van der Waals surface area contributed by atoms with Gasteiger partial charge in [-0.25, -0.2) is 9.78 Å². The number of hydrogen-bond acceptors (Lipinski definition) is 3. The maximum Gasteiger partial charge on any atom is 0.407 e. The van der Waals surface area contributed by atoms with Gasteiger partial charge in [0.25, 0.3) is 5.91 Å². The van der Waals surface area contributed by atoms with Crippen molar-refractivity contribution >= 4 is 12.0 Å². The van der Waals surface area contributed by atoms with Crippen LogP contribution in [0, 0.1) is 5.92 Å². The number of imidazole rings is 1. The van der Waals surface area contributed by atoms with Crippen LogP contribution < -0.4 is 5.32 Å². The Balaban J connectivity index is 1.88. The Hall–Kier alpha value is -2.83. The molecule has 7 nitrogen and oxygen atoms in total. The van der Waals surface area contributed by atoms with E-state index in [1.54, 1.807) is 19.6 Å². The molecule has 0 bridgehead atoms. The number of rotatable bonds is 5. The summed E-state index contributed by atoms with van der Waals surface area (Å²) in [5.41, 5.74) is 4.05. The summed E-state index contributed by atoms with van der Waals surface area (Å²) in [6, 6.07) is 6.37. The van der Waals surface area contributed by atoms with Gasteiger partial charge >= 0.3 is 6.09 Å². The molecular formula is C21H28N4O3. The van der Waals surface area contributed by atoms with E-state index in [9.17, 15) is 14.7 Å². The zero-order chi connectivity index (χ0) is 20.3. The fourth-order valence-corrected chi connectivity index (χ4v) is 3.99. The van der Waals surface area contributed by atoms with Crippen LogP contribution in [-0.2, 0) is 13.0 Å². The van der Waals surface area contributed by atoms with Crippen LogP contribution in [0.2, 0.25) is 0 Å². The van der Waals surface area contributed by atoms with E-state index in [0.29, 0.717) is 37.7 Å². The molecule has 2 heterocycles. The van der Waals surface area contributed by atoms with Crippen LogP contribution in [0.3, 0.4) is 0 Å². The van der Waals surface area contributed by atoms with Crippen LogP contribution in [-0.4, -0.2) is 51.7 Å². The van der Waals surface area contributed by atoms with Crippen molar-refractivity contribution in [3.8, 4) is 0 Å². The molecule has 7 heteroatoms. The molecule has 0 aliphatic carbocycles. The van der Waals surface area contributed by atoms with E-state index in [1.807, 2.05) is 4.57 Å². The van der Waals surface area contributed by atoms with Crippen molar-refractivity contribution in [3.63, 3.8) is 0 Å². The number of carboxylic acid groups (broad SMARTS) is 1. The predicted octanol–water partition coefficient (Wildman–Crippen LogP) is 2.96. The molecule has 1 aliphatic heterocycles. The van der Waals surface area contributed by atoms with Crippen molar-refractivity contribution in [1.29, 1.82) is 0 Å². The molecule has 0 spiro atoms. The molecule has 1 unspecified atom stereocenters. The Morgan fingerprint density at radius 3 is 2.82 bits per heavy atom. The quantitative estimate of drug-likeness (QED) is 0.830. The van der Waals surface area contributed by atoms with Crippen molar-refractivity contribution < 1.29 is 14.7 Å². The standard InChI is InChI=1S/C21H28N4O3/c1-14(2)8-17-12-24(21(27)28)7-6-16-9-15(4-5-18(16)17)11-25-13-23-10-19(25)20(26)22-3/h4-5,9-10,13-14,17H,6-8,11-12H2,1-3H3,(H,22,26)(H,27,28). The molecule has 28 heavy (non-hydrogen) atoms. The summed E-state index contributed by atoms with van der Waals surface area (Å²) in [5, 5.41) is 12.1. The molecular weight excluding hydrogens is 356 g/mol. The Labute approximate surface area is 165 Å². The first-order valence-electron chi connectivity index (χ1n) is 9.70. The Morgan fingerprint density at radius 2 is 2.14 bits per heavy atom. The third kappa shape index (κ3) is 4.35. The predicted molar refractivity (Wildman–Crippen MR) is 107 cm³/mol. The van der Waals surface area contributed by atoms with Crippen molar-refractivity contribution in [1.82, 2.24) is 19.8 Å². The molecule has 2 amide bonds. The van der Waals surface area contributed by atoms with E-state index in [1.165, 1.54) is 16.0 Å². The highest BCUT2D eigenvalue weighted by molar-refractivity contribution is 5.92. The van der Waals surface area contributed by atoms with Crippen LogP contribution >= 0.6 is 0 Å². The number of aromatic nitrogens is 2. The van der Waals surface area contributed by atoms with Gasteiger partial charge in [0.05, 0.1) is 12.5 Å². The lowest BCUT2D eigenvalue weighted by Crippen LogP contribution is -2.33. The molecule has 2 aromatic rings. The zero-order valence-corrected chi connectivity index (χ0v) is 16.7. The zero-order valence-electron chi connectivity index (χ0n) is 16.7. The van der Waals surface area contributed by atoms with Gasteiger partial charge in [0.1, 0.15) is 5.69 Å². The first-order chi connectivity index (χ1) is 13.4. The molecule has 1 aliphatic rings. The van der Waals surface area contributed by atoms with Crippen LogP contribution in [0.5, 0.6) is 0 Å². The van der Waals surface area contributed by atoms with E-state index in [4.69, 9.17) is 0 Å². The van der Waals surface area contributed by atoms with E-state index in [-0.39, 0.29) is 11.8 Å². The van der Waals surface area contributed by atoms with E-state index < -0.39 is 6.09 Å². The van der Waals surface area contributed by atoms with Gasteiger partial charge in [-0.2, -0.15) is 0 Å².